The molecule has 0 aliphatic carbocycles. The Hall–Kier alpha value is -3.09. The molecule has 0 aliphatic rings. The lowest BCUT2D eigenvalue weighted by Crippen LogP contribution is -2.44. The lowest BCUT2D eigenvalue weighted by molar-refractivity contribution is -0.168. The predicted molar refractivity (Wildman–Crippen MR) is 136 cm³/mol. The SMILES string of the molecule is COc1ccc(/C=C/C=C/C(=O)C(=O)OCCOC(=O)C(C)(CC(C)(C)C)C(C)(C)C)c(OC)c1. The van der Waals surface area contributed by atoms with Crippen LogP contribution in [0, 0.1) is 16.2 Å². The first kappa shape index (κ1) is 29.9. The fourth-order valence-corrected chi connectivity index (χ4v) is 3.53. The Kier molecular flexibility index (Phi) is 10.7. The average molecular weight is 489 g/mol. The summed E-state index contributed by atoms with van der Waals surface area (Å²) in [5.41, 5.74) is -0.326. The zero-order chi connectivity index (χ0) is 26.9. The molecule has 1 atom stereocenters. The lowest BCUT2D eigenvalue weighted by atomic mass is 9.61. The molecular weight excluding hydrogens is 448 g/mol. The lowest BCUT2D eigenvalue weighted by Gasteiger charge is -2.43. The van der Waals surface area contributed by atoms with Crippen molar-refractivity contribution in [2.24, 2.45) is 16.2 Å². The Morgan fingerprint density at radius 1 is 0.857 bits per heavy atom. The summed E-state index contributed by atoms with van der Waals surface area (Å²) < 4.78 is 20.8. The molecule has 7 nitrogen and oxygen atoms in total. The molecule has 1 rings (SSSR count). The minimum absolute atomic E-state index is 0.0702. The highest BCUT2D eigenvalue weighted by atomic mass is 16.6. The van der Waals surface area contributed by atoms with E-state index in [1.54, 1.807) is 38.5 Å². The summed E-state index contributed by atoms with van der Waals surface area (Å²) in [5, 5.41) is 0. The van der Waals surface area contributed by atoms with Crippen LogP contribution in [0.5, 0.6) is 11.5 Å². The number of allylic oxidation sites excluding steroid dienone is 2. The Bertz CT molecular complexity index is 945. The molecular formula is C28H40O7. The molecule has 0 spiro atoms. The molecule has 0 saturated carbocycles. The quantitative estimate of drug-likeness (QED) is 0.135. The second-order valence-electron chi connectivity index (χ2n) is 10.8. The minimum atomic E-state index is -1.01. The second-order valence-corrected chi connectivity index (χ2v) is 10.8. The zero-order valence-corrected chi connectivity index (χ0v) is 22.5. The minimum Gasteiger partial charge on any atom is -0.497 e. The predicted octanol–water partition coefficient (Wildman–Crippen LogP) is 5.42. The van der Waals surface area contributed by atoms with Gasteiger partial charge in [0.15, 0.2) is 0 Å². The van der Waals surface area contributed by atoms with Gasteiger partial charge in [0, 0.05) is 11.6 Å². The number of hydrogen-bond acceptors (Lipinski definition) is 7. The molecule has 1 aromatic rings. The summed E-state index contributed by atoms with van der Waals surface area (Å²) in [5.74, 6) is -0.896. The molecule has 1 unspecified atom stereocenters. The highest BCUT2D eigenvalue weighted by Gasteiger charge is 2.47. The van der Waals surface area contributed by atoms with Gasteiger partial charge in [0.25, 0.3) is 5.78 Å². The number of esters is 2. The topological polar surface area (TPSA) is 88.1 Å². The van der Waals surface area contributed by atoms with Crippen molar-refractivity contribution in [2.75, 3.05) is 27.4 Å². The van der Waals surface area contributed by atoms with Crippen LogP contribution in [-0.2, 0) is 23.9 Å². The molecule has 7 heteroatoms. The second kappa shape index (κ2) is 12.6. The first-order valence-electron chi connectivity index (χ1n) is 11.6. The maximum absolute atomic E-state index is 12.9. The van der Waals surface area contributed by atoms with Gasteiger partial charge in [0.2, 0.25) is 0 Å². The zero-order valence-electron chi connectivity index (χ0n) is 22.5. The molecule has 0 radical (unpaired) electrons. The maximum atomic E-state index is 12.9. The Morgan fingerprint density at radius 2 is 1.49 bits per heavy atom. The van der Waals surface area contributed by atoms with Crippen molar-refractivity contribution in [1.29, 1.82) is 0 Å². The van der Waals surface area contributed by atoms with Crippen LogP contribution < -0.4 is 9.47 Å². The Balaban J connectivity index is 2.59. The van der Waals surface area contributed by atoms with Gasteiger partial charge >= 0.3 is 11.9 Å². The van der Waals surface area contributed by atoms with E-state index in [9.17, 15) is 14.4 Å². The van der Waals surface area contributed by atoms with Crippen LogP contribution in [0.1, 0.15) is 60.5 Å². The standard InChI is InChI=1S/C28H40O7/c1-26(2,3)19-28(7,27(4,5)6)25(31)35-17-16-34-24(30)22(29)13-11-10-12-20-14-15-21(32-8)18-23(20)33-9/h10-15,18H,16-17,19H2,1-9H3/b12-10+,13-11+. The van der Waals surface area contributed by atoms with E-state index in [1.165, 1.54) is 6.08 Å². The highest BCUT2D eigenvalue weighted by Crippen LogP contribution is 2.47. The summed E-state index contributed by atoms with van der Waals surface area (Å²) in [7, 11) is 3.12. The van der Waals surface area contributed by atoms with E-state index in [4.69, 9.17) is 18.9 Å². The Labute approximate surface area is 209 Å². The van der Waals surface area contributed by atoms with Crippen LogP contribution in [0.2, 0.25) is 0 Å². The van der Waals surface area contributed by atoms with Gasteiger partial charge in [0.05, 0.1) is 19.6 Å². The third kappa shape index (κ3) is 9.23. The first-order chi connectivity index (χ1) is 16.1. The molecule has 0 bridgehead atoms. The molecule has 0 fully saturated rings. The molecule has 0 saturated heterocycles. The molecule has 0 heterocycles. The van der Waals surface area contributed by atoms with Crippen LogP contribution in [0.15, 0.2) is 36.4 Å². The van der Waals surface area contributed by atoms with Gasteiger partial charge < -0.3 is 18.9 Å². The summed E-state index contributed by atoms with van der Waals surface area (Å²) in [6.45, 7) is 13.8. The molecule has 194 valence electrons. The van der Waals surface area contributed by atoms with Gasteiger partial charge in [-0.05, 0) is 42.4 Å². The third-order valence-corrected chi connectivity index (χ3v) is 5.82. The van der Waals surface area contributed by atoms with E-state index < -0.39 is 17.2 Å². The van der Waals surface area contributed by atoms with E-state index >= 15 is 0 Å². The van der Waals surface area contributed by atoms with Crippen molar-refractivity contribution >= 4 is 23.8 Å². The fourth-order valence-electron chi connectivity index (χ4n) is 3.53. The van der Waals surface area contributed by atoms with E-state index in [1.807, 2.05) is 33.8 Å². The largest absolute Gasteiger partial charge is 0.497 e. The Morgan fingerprint density at radius 3 is 2.03 bits per heavy atom. The van der Waals surface area contributed by atoms with Crippen LogP contribution >= 0.6 is 0 Å². The van der Waals surface area contributed by atoms with E-state index in [2.05, 4.69) is 20.8 Å². The summed E-state index contributed by atoms with van der Waals surface area (Å²) in [4.78, 5) is 36.8. The maximum Gasteiger partial charge on any atom is 0.379 e. The number of benzene rings is 1. The average Bonchev–Trinajstić information content (AvgIpc) is 2.76. The van der Waals surface area contributed by atoms with Gasteiger partial charge in [-0.2, -0.15) is 0 Å². The smallest absolute Gasteiger partial charge is 0.379 e. The molecule has 1 aromatic carbocycles. The van der Waals surface area contributed by atoms with E-state index in [0.717, 1.165) is 11.6 Å². The number of methoxy groups -OCH3 is 2. The van der Waals surface area contributed by atoms with Gasteiger partial charge in [-0.1, -0.05) is 59.8 Å². The molecule has 0 aliphatic heterocycles. The van der Waals surface area contributed by atoms with Crippen LogP contribution in [-0.4, -0.2) is 45.2 Å². The summed E-state index contributed by atoms with van der Waals surface area (Å²) in [6.07, 6.45) is 6.53. The number of hydrogen-bond donors (Lipinski definition) is 0. The van der Waals surface area contributed by atoms with Crippen LogP contribution in [0.3, 0.4) is 0 Å². The normalized spacial score (nSPS) is 14.0. The van der Waals surface area contributed by atoms with Crippen LogP contribution in [0.4, 0.5) is 0 Å². The van der Waals surface area contributed by atoms with E-state index in [-0.39, 0.29) is 30.0 Å². The monoisotopic (exact) mass is 488 g/mol. The van der Waals surface area contributed by atoms with Crippen molar-refractivity contribution < 1.29 is 33.3 Å². The number of ether oxygens (including phenoxy) is 4. The van der Waals surface area contributed by atoms with Gasteiger partial charge in [-0.15, -0.1) is 0 Å². The molecule has 0 N–H and O–H groups in total. The summed E-state index contributed by atoms with van der Waals surface area (Å²) in [6, 6.07) is 5.34. The molecule has 0 amide bonds. The highest BCUT2D eigenvalue weighted by molar-refractivity contribution is 6.38. The summed E-state index contributed by atoms with van der Waals surface area (Å²) >= 11 is 0. The van der Waals surface area contributed by atoms with Gasteiger partial charge in [-0.3, -0.25) is 9.59 Å². The number of carbonyl (C=O) groups excluding carboxylic acids is 3. The third-order valence-electron chi connectivity index (χ3n) is 5.82. The van der Waals surface area contributed by atoms with Gasteiger partial charge in [0.1, 0.15) is 24.7 Å². The number of ketones is 1. The fraction of sp³-hybridized carbons (Fsp3) is 0.536. The number of carbonyl (C=O) groups is 3. The van der Waals surface area contributed by atoms with Crippen molar-refractivity contribution in [3.8, 4) is 11.5 Å². The van der Waals surface area contributed by atoms with Crippen molar-refractivity contribution in [3.63, 3.8) is 0 Å². The van der Waals surface area contributed by atoms with Crippen molar-refractivity contribution in [2.45, 2.75) is 54.9 Å². The van der Waals surface area contributed by atoms with Crippen molar-refractivity contribution in [1.82, 2.24) is 0 Å². The molecule has 0 aromatic heterocycles. The number of rotatable bonds is 11. The first-order valence-corrected chi connectivity index (χ1v) is 11.6. The molecule has 35 heavy (non-hydrogen) atoms. The van der Waals surface area contributed by atoms with Gasteiger partial charge in [-0.25, -0.2) is 4.79 Å². The van der Waals surface area contributed by atoms with Crippen molar-refractivity contribution in [3.05, 3.63) is 42.0 Å². The van der Waals surface area contributed by atoms with Crippen LogP contribution in [0.25, 0.3) is 6.08 Å². The van der Waals surface area contributed by atoms with E-state index in [0.29, 0.717) is 17.9 Å².